The fraction of sp³-hybridized carbons (Fsp3) is 0.556. The van der Waals surface area contributed by atoms with E-state index < -0.39 is 0 Å². The first kappa shape index (κ1) is 18.2. The highest BCUT2D eigenvalue weighted by molar-refractivity contribution is 5.79. The molecule has 1 amide bonds. The molecule has 1 fully saturated rings. The third kappa shape index (κ3) is 4.94. The molecule has 0 saturated carbocycles. The zero-order valence-electron chi connectivity index (χ0n) is 14.5. The van der Waals surface area contributed by atoms with Crippen LogP contribution in [-0.2, 0) is 11.3 Å². The molecule has 6 heteroatoms. The van der Waals surface area contributed by atoms with Crippen LogP contribution in [0, 0.1) is 5.82 Å². The van der Waals surface area contributed by atoms with Gasteiger partial charge in [-0.2, -0.15) is 0 Å². The maximum absolute atomic E-state index is 13.6. The first-order valence-corrected chi connectivity index (χ1v) is 8.63. The average molecular weight is 334 g/mol. The van der Waals surface area contributed by atoms with Gasteiger partial charge in [0.2, 0.25) is 5.91 Å². The van der Waals surface area contributed by atoms with Crippen molar-refractivity contribution < 1.29 is 9.18 Å². The number of amides is 1. The molecule has 2 rings (SSSR count). The van der Waals surface area contributed by atoms with Crippen molar-refractivity contribution in [1.82, 2.24) is 15.5 Å². The van der Waals surface area contributed by atoms with Crippen LogP contribution in [0.3, 0.4) is 0 Å². The van der Waals surface area contributed by atoms with Crippen LogP contribution in [0.2, 0.25) is 0 Å². The lowest BCUT2D eigenvalue weighted by molar-refractivity contribution is -0.129. The highest BCUT2D eigenvalue weighted by Crippen LogP contribution is 2.17. The molecular formula is C18H27FN4O. The molecule has 1 aliphatic rings. The summed E-state index contributed by atoms with van der Waals surface area (Å²) in [5.41, 5.74) is 0.606. The largest absolute Gasteiger partial charge is 0.356 e. The Hall–Kier alpha value is -2.11. The number of guanidine groups is 1. The summed E-state index contributed by atoms with van der Waals surface area (Å²) in [6.07, 6.45) is 3.47. The van der Waals surface area contributed by atoms with Crippen molar-refractivity contribution in [2.45, 2.75) is 45.2 Å². The van der Waals surface area contributed by atoms with Gasteiger partial charge >= 0.3 is 0 Å². The quantitative estimate of drug-likeness (QED) is 0.594. The number of likely N-dealkylation sites (tertiary alicyclic amines) is 1. The molecule has 1 aromatic rings. The number of carbonyl (C=O) groups is 1. The number of benzene rings is 1. The number of nitrogens with one attached hydrogen (secondary N) is 2. The molecular weight excluding hydrogens is 307 g/mol. The first-order chi connectivity index (χ1) is 11.7. The Kier molecular flexibility index (Phi) is 7.03. The standard InChI is InChI=1S/C18H27FN4O/c1-3-15(23-12-6-9-17(23)24)10-11-21-18(20-2)22-13-14-7-4-5-8-16(14)19/h4-5,7-8,15H,3,6,9-13H2,1-2H3,(H2,20,21,22). The molecule has 0 spiro atoms. The molecule has 1 saturated heterocycles. The summed E-state index contributed by atoms with van der Waals surface area (Å²) in [5, 5.41) is 6.36. The average Bonchev–Trinajstić information content (AvgIpc) is 3.01. The molecule has 1 unspecified atom stereocenters. The van der Waals surface area contributed by atoms with Crippen molar-refractivity contribution >= 4 is 11.9 Å². The van der Waals surface area contributed by atoms with Crippen LogP contribution < -0.4 is 10.6 Å². The lowest BCUT2D eigenvalue weighted by Gasteiger charge is -2.27. The van der Waals surface area contributed by atoms with Crippen LogP contribution in [-0.4, -0.2) is 42.9 Å². The molecule has 1 aromatic carbocycles. The number of rotatable bonds is 7. The number of hydrogen-bond acceptors (Lipinski definition) is 2. The molecule has 1 atom stereocenters. The predicted molar refractivity (Wildman–Crippen MR) is 94.2 cm³/mol. The number of hydrogen-bond donors (Lipinski definition) is 2. The maximum Gasteiger partial charge on any atom is 0.222 e. The Labute approximate surface area is 143 Å². The molecule has 5 nitrogen and oxygen atoms in total. The zero-order valence-corrected chi connectivity index (χ0v) is 14.5. The van der Waals surface area contributed by atoms with E-state index in [0.717, 1.165) is 32.4 Å². The van der Waals surface area contributed by atoms with Gasteiger partial charge in [-0.3, -0.25) is 9.79 Å². The van der Waals surface area contributed by atoms with Gasteiger partial charge in [-0.15, -0.1) is 0 Å². The van der Waals surface area contributed by atoms with Gasteiger partial charge in [-0.1, -0.05) is 25.1 Å². The zero-order chi connectivity index (χ0) is 17.4. The van der Waals surface area contributed by atoms with Gasteiger partial charge in [0.05, 0.1) is 0 Å². The van der Waals surface area contributed by atoms with Gasteiger partial charge in [-0.05, 0) is 25.3 Å². The molecule has 24 heavy (non-hydrogen) atoms. The smallest absolute Gasteiger partial charge is 0.222 e. The summed E-state index contributed by atoms with van der Waals surface area (Å²) in [4.78, 5) is 18.0. The second-order valence-corrected chi connectivity index (χ2v) is 5.99. The van der Waals surface area contributed by atoms with E-state index in [0.29, 0.717) is 24.5 Å². The maximum atomic E-state index is 13.6. The number of aliphatic imine (C=N–C) groups is 1. The molecule has 2 N–H and O–H groups in total. The molecule has 0 radical (unpaired) electrons. The van der Waals surface area contributed by atoms with Gasteiger partial charge in [0.25, 0.3) is 0 Å². The SMILES string of the molecule is CCC(CCNC(=NC)NCc1ccccc1F)N1CCCC1=O. The second-order valence-electron chi connectivity index (χ2n) is 5.99. The van der Waals surface area contributed by atoms with Crippen molar-refractivity contribution in [3.63, 3.8) is 0 Å². The molecule has 0 aliphatic carbocycles. The molecule has 1 aliphatic heterocycles. The van der Waals surface area contributed by atoms with E-state index in [2.05, 4.69) is 22.5 Å². The monoisotopic (exact) mass is 334 g/mol. The minimum Gasteiger partial charge on any atom is -0.356 e. The normalized spacial score (nSPS) is 16.4. The van der Waals surface area contributed by atoms with E-state index in [9.17, 15) is 9.18 Å². The minimum atomic E-state index is -0.223. The fourth-order valence-electron chi connectivity index (χ4n) is 3.03. The summed E-state index contributed by atoms with van der Waals surface area (Å²) >= 11 is 0. The lowest BCUT2D eigenvalue weighted by Crippen LogP contribution is -2.41. The Bertz CT molecular complexity index is 576. The number of halogens is 1. The van der Waals surface area contributed by atoms with E-state index in [1.165, 1.54) is 6.07 Å². The number of carbonyl (C=O) groups excluding carboxylic acids is 1. The third-order valence-electron chi connectivity index (χ3n) is 4.42. The van der Waals surface area contributed by atoms with Crippen LogP contribution in [0.15, 0.2) is 29.3 Å². The van der Waals surface area contributed by atoms with Crippen LogP contribution in [0.5, 0.6) is 0 Å². The van der Waals surface area contributed by atoms with E-state index in [-0.39, 0.29) is 17.8 Å². The molecule has 0 aromatic heterocycles. The Morgan fingerprint density at radius 2 is 2.17 bits per heavy atom. The minimum absolute atomic E-state index is 0.223. The predicted octanol–water partition coefficient (Wildman–Crippen LogP) is 2.28. The van der Waals surface area contributed by atoms with Crippen LogP contribution in [0.4, 0.5) is 4.39 Å². The van der Waals surface area contributed by atoms with Gasteiger partial charge < -0.3 is 15.5 Å². The van der Waals surface area contributed by atoms with Gasteiger partial charge in [-0.25, -0.2) is 4.39 Å². The van der Waals surface area contributed by atoms with E-state index in [1.54, 1.807) is 19.2 Å². The highest BCUT2D eigenvalue weighted by Gasteiger charge is 2.26. The summed E-state index contributed by atoms with van der Waals surface area (Å²) in [6.45, 7) is 4.09. The first-order valence-electron chi connectivity index (χ1n) is 8.63. The van der Waals surface area contributed by atoms with Crippen LogP contribution >= 0.6 is 0 Å². The van der Waals surface area contributed by atoms with Gasteiger partial charge in [0, 0.05) is 44.7 Å². The highest BCUT2D eigenvalue weighted by atomic mass is 19.1. The topological polar surface area (TPSA) is 56.7 Å². The second kappa shape index (κ2) is 9.25. The van der Waals surface area contributed by atoms with E-state index in [4.69, 9.17) is 0 Å². The summed E-state index contributed by atoms with van der Waals surface area (Å²) in [6, 6.07) is 6.97. The van der Waals surface area contributed by atoms with Crippen molar-refractivity contribution in [2.75, 3.05) is 20.1 Å². The Balaban J connectivity index is 1.77. The van der Waals surface area contributed by atoms with Crippen molar-refractivity contribution in [3.05, 3.63) is 35.6 Å². The van der Waals surface area contributed by atoms with Crippen molar-refractivity contribution in [3.8, 4) is 0 Å². The Morgan fingerprint density at radius 3 is 2.79 bits per heavy atom. The molecule has 1 heterocycles. The third-order valence-corrected chi connectivity index (χ3v) is 4.42. The van der Waals surface area contributed by atoms with E-state index in [1.807, 2.05) is 11.0 Å². The molecule has 132 valence electrons. The number of nitrogens with zero attached hydrogens (tertiary/aromatic N) is 2. The van der Waals surface area contributed by atoms with Crippen LogP contribution in [0.1, 0.15) is 38.2 Å². The van der Waals surface area contributed by atoms with Crippen LogP contribution in [0.25, 0.3) is 0 Å². The Morgan fingerprint density at radius 1 is 1.38 bits per heavy atom. The van der Waals surface area contributed by atoms with Gasteiger partial charge in [0.1, 0.15) is 5.82 Å². The molecule has 0 bridgehead atoms. The van der Waals surface area contributed by atoms with E-state index >= 15 is 0 Å². The van der Waals surface area contributed by atoms with Gasteiger partial charge in [0.15, 0.2) is 5.96 Å². The fourth-order valence-corrected chi connectivity index (χ4v) is 3.03. The lowest BCUT2D eigenvalue weighted by atomic mass is 10.1. The summed E-state index contributed by atoms with van der Waals surface area (Å²) < 4.78 is 13.6. The summed E-state index contributed by atoms with van der Waals surface area (Å²) in [7, 11) is 1.69. The van der Waals surface area contributed by atoms with Crippen molar-refractivity contribution in [2.24, 2.45) is 4.99 Å². The summed E-state index contributed by atoms with van der Waals surface area (Å²) in [5.74, 6) is 0.684. The van der Waals surface area contributed by atoms with Crippen molar-refractivity contribution in [1.29, 1.82) is 0 Å².